The van der Waals surface area contributed by atoms with Gasteiger partial charge in [0.2, 0.25) is 0 Å². The van der Waals surface area contributed by atoms with Gasteiger partial charge in [-0.15, -0.1) is 0 Å². The van der Waals surface area contributed by atoms with Crippen LogP contribution in [0.25, 0.3) is 10.2 Å². The molecule has 20 heavy (non-hydrogen) atoms. The number of hydrogen-bond donors (Lipinski definition) is 0. The van der Waals surface area contributed by atoms with Gasteiger partial charge < -0.3 is 9.64 Å². The fraction of sp³-hybridized carbons (Fsp3) is 0.600. The lowest BCUT2D eigenvalue weighted by Crippen LogP contribution is -2.30. The summed E-state index contributed by atoms with van der Waals surface area (Å²) in [5.74, 6) is 1.95. The maximum atomic E-state index is 5.74. The molecule has 2 aromatic heterocycles. The van der Waals surface area contributed by atoms with Crippen LogP contribution in [0.4, 0.5) is 5.82 Å². The zero-order valence-corrected chi connectivity index (χ0v) is 13.2. The van der Waals surface area contributed by atoms with Gasteiger partial charge in [-0.3, -0.25) is 0 Å². The third-order valence-corrected chi connectivity index (χ3v) is 4.87. The van der Waals surface area contributed by atoms with Gasteiger partial charge in [-0.1, -0.05) is 11.3 Å². The van der Waals surface area contributed by atoms with Crippen LogP contribution in [-0.4, -0.2) is 29.7 Å². The highest BCUT2D eigenvalue weighted by Crippen LogP contribution is 2.40. The van der Waals surface area contributed by atoms with Crippen LogP contribution in [0, 0.1) is 13.8 Å². The Morgan fingerprint density at radius 1 is 1.15 bits per heavy atom. The molecule has 1 saturated heterocycles. The molecule has 5 heteroatoms. The molecule has 0 spiro atoms. The molecule has 4 nitrogen and oxygen atoms in total. The topological polar surface area (TPSA) is 38.3 Å². The van der Waals surface area contributed by atoms with Crippen LogP contribution >= 0.6 is 11.3 Å². The van der Waals surface area contributed by atoms with Gasteiger partial charge in [0.15, 0.2) is 5.06 Å². The first kappa shape index (κ1) is 13.6. The van der Waals surface area contributed by atoms with Gasteiger partial charge in [0.25, 0.3) is 0 Å². The highest BCUT2D eigenvalue weighted by molar-refractivity contribution is 7.20. The Balaban J connectivity index is 2.13. The number of aromatic nitrogens is 2. The van der Waals surface area contributed by atoms with E-state index in [2.05, 4.69) is 16.8 Å². The average Bonchev–Trinajstić information content (AvgIpc) is 2.76. The number of anilines is 1. The highest BCUT2D eigenvalue weighted by atomic mass is 32.1. The molecule has 0 bridgehead atoms. The lowest BCUT2D eigenvalue weighted by molar-refractivity contribution is 0.348. The van der Waals surface area contributed by atoms with Crippen LogP contribution in [0.5, 0.6) is 5.06 Å². The Bertz CT molecular complexity index is 617. The van der Waals surface area contributed by atoms with Crippen molar-refractivity contribution in [2.24, 2.45) is 0 Å². The van der Waals surface area contributed by atoms with Gasteiger partial charge in [-0.25, -0.2) is 9.97 Å². The lowest BCUT2D eigenvalue weighted by Gasteiger charge is -2.28. The van der Waals surface area contributed by atoms with Crippen LogP contribution in [0.15, 0.2) is 0 Å². The van der Waals surface area contributed by atoms with Gasteiger partial charge in [-0.05, 0) is 40.0 Å². The maximum absolute atomic E-state index is 5.74. The highest BCUT2D eigenvalue weighted by Gasteiger charge is 2.21. The second-order valence-electron chi connectivity index (χ2n) is 5.27. The molecule has 0 aliphatic carbocycles. The second kappa shape index (κ2) is 5.56. The van der Waals surface area contributed by atoms with Crippen molar-refractivity contribution in [3.05, 3.63) is 11.4 Å². The number of nitrogens with zero attached hydrogens (tertiary/aromatic N) is 3. The SMILES string of the molecule is CCOc1sc2nc(C)nc(N3CCCCC3)c2c1C. The minimum absolute atomic E-state index is 0.694. The van der Waals surface area contributed by atoms with Gasteiger partial charge >= 0.3 is 0 Å². The van der Waals surface area contributed by atoms with Crippen molar-refractivity contribution >= 4 is 27.4 Å². The van der Waals surface area contributed by atoms with Crippen LogP contribution in [0.1, 0.15) is 37.6 Å². The van der Waals surface area contributed by atoms with Crippen LogP contribution in [0.2, 0.25) is 0 Å². The molecule has 1 fully saturated rings. The molecule has 3 rings (SSSR count). The third-order valence-electron chi connectivity index (χ3n) is 3.77. The van der Waals surface area contributed by atoms with E-state index in [-0.39, 0.29) is 0 Å². The fourth-order valence-corrected chi connectivity index (χ4v) is 3.94. The minimum atomic E-state index is 0.694. The monoisotopic (exact) mass is 291 g/mol. The van der Waals surface area contributed by atoms with E-state index in [0.29, 0.717) is 6.61 Å². The Kier molecular flexibility index (Phi) is 3.78. The summed E-state index contributed by atoms with van der Waals surface area (Å²) in [6, 6.07) is 0. The number of fused-ring (bicyclic) bond motifs is 1. The Morgan fingerprint density at radius 3 is 2.60 bits per heavy atom. The summed E-state index contributed by atoms with van der Waals surface area (Å²) < 4.78 is 5.74. The van der Waals surface area contributed by atoms with Crippen molar-refractivity contribution < 1.29 is 4.74 Å². The number of thiophene rings is 1. The van der Waals surface area contributed by atoms with Crippen molar-refractivity contribution in [1.82, 2.24) is 9.97 Å². The molecular weight excluding hydrogens is 270 g/mol. The molecule has 0 radical (unpaired) electrons. The van der Waals surface area contributed by atoms with Crippen molar-refractivity contribution in [1.29, 1.82) is 0 Å². The molecule has 0 aromatic carbocycles. The van der Waals surface area contributed by atoms with E-state index in [1.807, 2.05) is 13.8 Å². The first-order valence-corrected chi connectivity index (χ1v) is 8.18. The van der Waals surface area contributed by atoms with E-state index in [1.54, 1.807) is 11.3 Å². The Morgan fingerprint density at radius 2 is 1.90 bits per heavy atom. The van der Waals surface area contributed by atoms with Crippen LogP contribution < -0.4 is 9.64 Å². The Hall–Kier alpha value is -1.36. The maximum Gasteiger partial charge on any atom is 0.179 e. The molecule has 1 aliphatic heterocycles. The molecule has 0 unspecified atom stereocenters. The van der Waals surface area contributed by atoms with E-state index in [1.165, 1.54) is 30.2 Å². The first-order chi connectivity index (χ1) is 9.70. The predicted molar refractivity (Wildman–Crippen MR) is 84.1 cm³/mol. The summed E-state index contributed by atoms with van der Waals surface area (Å²) in [5, 5.41) is 2.17. The van der Waals surface area contributed by atoms with Gasteiger partial charge in [0, 0.05) is 18.7 Å². The standard InChI is InChI=1S/C15H21N3OS/c1-4-19-15-10(2)12-13(18-8-6-5-7-9-18)16-11(3)17-14(12)20-15/h4-9H2,1-3H3. The van der Waals surface area contributed by atoms with Crippen molar-refractivity contribution in [3.8, 4) is 5.06 Å². The summed E-state index contributed by atoms with van der Waals surface area (Å²) in [5.41, 5.74) is 1.19. The molecular formula is C15H21N3OS. The van der Waals surface area contributed by atoms with Gasteiger partial charge in [0.05, 0.1) is 12.0 Å². The van der Waals surface area contributed by atoms with E-state index in [0.717, 1.165) is 34.6 Å². The second-order valence-corrected chi connectivity index (χ2v) is 6.23. The van der Waals surface area contributed by atoms with E-state index in [4.69, 9.17) is 9.72 Å². The molecule has 0 atom stereocenters. The van der Waals surface area contributed by atoms with Crippen molar-refractivity contribution in [2.45, 2.75) is 40.0 Å². The van der Waals surface area contributed by atoms with Crippen molar-refractivity contribution in [3.63, 3.8) is 0 Å². The third kappa shape index (κ3) is 2.35. The minimum Gasteiger partial charge on any atom is -0.484 e. The predicted octanol–water partition coefficient (Wildman–Crippen LogP) is 3.70. The van der Waals surface area contributed by atoms with Crippen LogP contribution in [-0.2, 0) is 0 Å². The summed E-state index contributed by atoms with van der Waals surface area (Å²) in [7, 11) is 0. The fourth-order valence-electron chi connectivity index (χ4n) is 2.80. The molecule has 1 aliphatic rings. The smallest absolute Gasteiger partial charge is 0.179 e. The number of ether oxygens (including phenoxy) is 1. The van der Waals surface area contributed by atoms with Gasteiger partial charge in [0.1, 0.15) is 16.5 Å². The Labute approximate surface area is 123 Å². The molecule has 2 aromatic rings. The molecule has 3 heterocycles. The summed E-state index contributed by atoms with van der Waals surface area (Å²) in [6.45, 7) is 9.01. The number of piperidine rings is 1. The average molecular weight is 291 g/mol. The quantitative estimate of drug-likeness (QED) is 0.864. The first-order valence-electron chi connectivity index (χ1n) is 7.36. The van der Waals surface area contributed by atoms with E-state index < -0.39 is 0 Å². The zero-order valence-electron chi connectivity index (χ0n) is 12.4. The van der Waals surface area contributed by atoms with E-state index >= 15 is 0 Å². The number of aryl methyl sites for hydroxylation is 2. The molecule has 0 amide bonds. The van der Waals surface area contributed by atoms with Crippen LogP contribution in [0.3, 0.4) is 0 Å². The number of rotatable bonds is 3. The largest absolute Gasteiger partial charge is 0.484 e. The normalized spacial score (nSPS) is 15.8. The number of hydrogen-bond acceptors (Lipinski definition) is 5. The summed E-state index contributed by atoms with van der Waals surface area (Å²) in [6.07, 6.45) is 3.84. The lowest BCUT2D eigenvalue weighted by atomic mass is 10.1. The summed E-state index contributed by atoms with van der Waals surface area (Å²) >= 11 is 1.64. The van der Waals surface area contributed by atoms with Crippen molar-refractivity contribution in [2.75, 3.05) is 24.6 Å². The molecule has 0 saturated carbocycles. The van der Waals surface area contributed by atoms with E-state index in [9.17, 15) is 0 Å². The zero-order chi connectivity index (χ0) is 14.1. The molecule has 108 valence electrons. The van der Waals surface area contributed by atoms with Gasteiger partial charge in [-0.2, -0.15) is 0 Å². The molecule has 0 N–H and O–H groups in total. The summed E-state index contributed by atoms with van der Waals surface area (Å²) in [4.78, 5) is 12.8.